The van der Waals surface area contributed by atoms with Crippen molar-refractivity contribution in [2.24, 2.45) is 0 Å². The molecule has 2 aromatic heterocycles. The molecule has 1 unspecified atom stereocenters. The minimum absolute atomic E-state index is 0.0627. The highest BCUT2D eigenvalue weighted by molar-refractivity contribution is 5.97. The molecule has 0 spiro atoms. The number of carbonyl (C=O) groups is 1. The van der Waals surface area contributed by atoms with Crippen molar-refractivity contribution >= 4 is 11.6 Å². The number of nitrogens with zero attached hydrogens (tertiary/aromatic N) is 1. The fourth-order valence-corrected chi connectivity index (χ4v) is 2.05. The second-order valence-corrected chi connectivity index (χ2v) is 5.21. The summed E-state index contributed by atoms with van der Waals surface area (Å²) in [7, 11) is 0. The van der Waals surface area contributed by atoms with E-state index in [0.29, 0.717) is 12.1 Å². The molecule has 0 saturated carbocycles. The van der Waals surface area contributed by atoms with Gasteiger partial charge < -0.3 is 15.5 Å². The first kappa shape index (κ1) is 14.2. The Bertz CT molecular complexity index is 572. The van der Waals surface area contributed by atoms with E-state index < -0.39 is 0 Å². The minimum atomic E-state index is -0.273. The van der Waals surface area contributed by atoms with Gasteiger partial charge in [-0.05, 0) is 25.0 Å². The van der Waals surface area contributed by atoms with Crippen LogP contribution in [0.5, 0.6) is 0 Å². The molecule has 1 atom stereocenters. The number of hydrogen-bond donors (Lipinski definition) is 3. The van der Waals surface area contributed by atoms with Crippen LogP contribution in [0.15, 0.2) is 22.8 Å². The van der Waals surface area contributed by atoms with E-state index in [1.54, 1.807) is 6.26 Å². The van der Waals surface area contributed by atoms with E-state index >= 15 is 0 Å². The normalized spacial score (nSPS) is 12.6. The number of nitrogen functional groups attached to an aromatic ring is 1. The maximum Gasteiger partial charge on any atom is 0.274 e. The Morgan fingerprint density at radius 2 is 2.25 bits per heavy atom. The van der Waals surface area contributed by atoms with Crippen LogP contribution in [0.25, 0.3) is 0 Å². The largest absolute Gasteiger partial charge is 0.469 e. The van der Waals surface area contributed by atoms with Crippen molar-refractivity contribution in [1.29, 1.82) is 0 Å². The first-order valence-corrected chi connectivity index (χ1v) is 6.66. The Labute approximate surface area is 117 Å². The van der Waals surface area contributed by atoms with Gasteiger partial charge in [-0.1, -0.05) is 13.8 Å². The molecule has 0 aliphatic rings. The monoisotopic (exact) mass is 276 g/mol. The molecule has 20 heavy (non-hydrogen) atoms. The van der Waals surface area contributed by atoms with Gasteiger partial charge in [0.1, 0.15) is 5.76 Å². The number of aromatic nitrogens is 2. The Balaban J connectivity index is 2.01. The lowest BCUT2D eigenvalue weighted by atomic mass is 10.1. The molecule has 6 nitrogen and oxygen atoms in total. The fourth-order valence-electron chi connectivity index (χ4n) is 2.05. The Morgan fingerprint density at radius 3 is 2.80 bits per heavy atom. The van der Waals surface area contributed by atoms with Crippen LogP contribution in [0.3, 0.4) is 0 Å². The van der Waals surface area contributed by atoms with Gasteiger partial charge in [0.15, 0.2) is 5.69 Å². The highest BCUT2D eigenvalue weighted by atomic mass is 16.3. The average Bonchev–Trinajstić information content (AvgIpc) is 2.97. The van der Waals surface area contributed by atoms with Crippen molar-refractivity contribution < 1.29 is 9.21 Å². The molecule has 2 rings (SSSR count). The molecule has 0 radical (unpaired) electrons. The molecule has 1 amide bonds. The summed E-state index contributed by atoms with van der Waals surface area (Å²) in [5.41, 5.74) is 7.40. The zero-order valence-corrected chi connectivity index (χ0v) is 11.9. The molecule has 6 heteroatoms. The van der Waals surface area contributed by atoms with Crippen LogP contribution < -0.4 is 11.1 Å². The number of aromatic amines is 1. The number of hydrogen-bond acceptors (Lipinski definition) is 4. The summed E-state index contributed by atoms with van der Waals surface area (Å²) in [5, 5.41) is 9.69. The fraction of sp³-hybridized carbons (Fsp3) is 0.429. The van der Waals surface area contributed by atoms with E-state index in [2.05, 4.69) is 15.5 Å². The van der Waals surface area contributed by atoms with Gasteiger partial charge in [-0.15, -0.1) is 0 Å². The molecule has 2 heterocycles. The third-order valence-electron chi connectivity index (χ3n) is 3.09. The second kappa shape index (κ2) is 5.81. The minimum Gasteiger partial charge on any atom is -0.469 e. The van der Waals surface area contributed by atoms with E-state index in [0.717, 1.165) is 11.5 Å². The Hall–Kier alpha value is -2.24. The molecule has 0 aromatic carbocycles. The molecule has 108 valence electrons. The van der Waals surface area contributed by atoms with Gasteiger partial charge in [0, 0.05) is 12.5 Å². The predicted molar refractivity (Wildman–Crippen MR) is 76.4 cm³/mol. The summed E-state index contributed by atoms with van der Waals surface area (Å²) < 4.78 is 5.25. The van der Waals surface area contributed by atoms with Crippen molar-refractivity contribution in [3.8, 4) is 0 Å². The number of carbonyl (C=O) groups excluding carboxylic acids is 1. The van der Waals surface area contributed by atoms with Gasteiger partial charge >= 0.3 is 0 Å². The zero-order valence-electron chi connectivity index (χ0n) is 11.9. The number of furan rings is 1. The number of nitrogens with one attached hydrogen (secondary N) is 2. The number of nitrogens with two attached hydrogens (primary N) is 1. The topological polar surface area (TPSA) is 96.9 Å². The first-order chi connectivity index (χ1) is 9.49. The Morgan fingerprint density at radius 1 is 1.50 bits per heavy atom. The molecule has 2 aromatic rings. The summed E-state index contributed by atoms with van der Waals surface area (Å²) in [6.45, 7) is 5.89. The van der Waals surface area contributed by atoms with Gasteiger partial charge in [-0.25, -0.2) is 0 Å². The van der Waals surface area contributed by atoms with E-state index in [4.69, 9.17) is 10.2 Å². The lowest BCUT2D eigenvalue weighted by Gasteiger charge is -2.11. The molecular weight excluding hydrogens is 256 g/mol. The number of H-pyrrole nitrogens is 1. The van der Waals surface area contributed by atoms with Crippen molar-refractivity contribution in [2.75, 3.05) is 5.73 Å². The third kappa shape index (κ3) is 3.01. The van der Waals surface area contributed by atoms with Crippen LogP contribution in [-0.4, -0.2) is 22.1 Å². The van der Waals surface area contributed by atoms with Crippen molar-refractivity contribution in [3.05, 3.63) is 35.5 Å². The average molecular weight is 276 g/mol. The quantitative estimate of drug-likeness (QED) is 0.778. The summed E-state index contributed by atoms with van der Waals surface area (Å²) in [5.74, 6) is 0.755. The predicted octanol–water partition coefficient (Wildman–Crippen LogP) is 2.07. The van der Waals surface area contributed by atoms with E-state index in [1.165, 1.54) is 0 Å². The van der Waals surface area contributed by atoms with Crippen LogP contribution in [0.1, 0.15) is 48.6 Å². The molecule has 4 N–H and O–H groups in total. The smallest absolute Gasteiger partial charge is 0.274 e. The van der Waals surface area contributed by atoms with Crippen LogP contribution >= 0.6 is 0 Å². The highest BCUT2D eigenvalue weighted by Gasteiger charge is 2.20. The van der Waals surface area contributed by atoms with Crippen molar-refractivity contribution in [1.82, 2.24) is 15.5 Å². The van der Waals surface area contributed by atoms with Crippen LogP contribution in [-0.2, 0) is 6.42 Å². The van der Waals surface area contributed by atoms with Crippen LogP contribution in [0, 0.1) is 0 Å². The van der Waals surface area contributed by atoms with Gasteiger partial charge in [0.2, 0.25) is 0 Å². The molecule has 0 fully saturated rings. The molecule has 0 saturated heterocycles. The SMILES string of the molecule is CC(Cc1ccco1)NC(=O)c1n[nH]c(C(C)C)c1N. The molecule has 0 aliphatic carbocycles. The van der Waals surface area contributed by atoms with Gasteiger partial charge in [-0.3, -0.25) is 9.89 Å². The summed E-state index contributed by atoms with van der Waals surface area (Å²) >= 11 is 0. The number of anilines is 1. The molecule has 0 bridgehead atoms. The van der Waals surface area contributed by atoms with E-state index in [1.807, 2.05) is 32.9 Å². The number of amides is 1. The zero-order chi connectivity index (χ0) is 14.7. The third-order valence-corrected chi connectivity index (χ3v) is 3.09. The Kier molecular flexibility index (Phi) is 4.12. The van der Waals surface area contributed by atoms with E-state index in [9.17, 15) is 4.79 Å². The summed E-state index contributed by atoms with van der Waals surface area (Å²) in [6, 6.07) is 3.64. The highest BCUT2D eigenvalue weighted by Crippen LogP contribution is 2.22. The maximum absolute atomic E-state index is 12.1. The van der Waals surface area contributed by atoms with Crippen LogP contribution in [0.4, 0.5) is 5.69 Å². The summed E-state index contributed by atoms with van der Waals surface area (Å²) in [6.07, 6.45) is 2.24. The lowest BCUT2D eigenvalue weighted by molar-refractivity contribution is 0.0935. The molecular formula is C14H20N4O2. The maximum atomic E-state index is 12.1. The van der Waals surface area contributed by atoms with Gasteiger partial charge in [0.25, 0.3) is 5.91 Å². The molecule has 0 aliphatic heterocycles. The van der Waals surface area contributed by atoms with Crippen molar-refractivity contribution in [2.45, 2.75) is 39.2 Å². The standard InChI is InChI=1S/C14H20N4O2/c1-8(2)12-11(15)13(18-17-12)14(19)16-9(3)7-10-5-4-6-20-10/h4-6,8-9H,7,15H2,1-3H3,(H,16,19)(H,17,18). The second-order valence-electron chi connectivity index (χ2n) is 5.21. The van der Waals surface area contributed by atoms with E-state index in [-0.39, 0.29) is 23.6 Å². The van der Waals surface area contributed by atoms with Gasteiger partial charge in [-0.2, -0.15) is 5.10 Å². The number of rotatable bonds is 5. The van der Waals surface area contributed by atoms with Crippen LogP contribution in [0.2, 0.25) is 0 Å². The first-order valence-electron chi connectivity index (χ1n) is 6.66. The van der Waals surface area contributed by atoms with Crippen molar-refractivity contribution in [3.63, 3.8) is 0 Å². The summed E-state index contributed by atoms with van der Waals surface area (Å²) in [4.78, 5) is 12.1. The lowest BCUT2D eigenvalue weighted by Crippen LogP contribution is -2.34. The van der Waals surface area contributed by atoms with Gasteiger partial charge in [0.05, 0.1) is 17.6 Å².